The number of esters is 1. The fourth-order valence-corrected chi connectivity index (χ4v) is 13.4. The van der Waals surface area contributed by atoms with E-state index in [0.717, 1.165) is 61.7 Å². The maximum atomic E-state index is 14.7. The van der Waals surface area contributed by atoms with E-state index in [9.17, 15) is 29.1 Å². The Morgan fingerprint density at radius 3 is 2.16 bits per heavy atom. The van der Waals surface area contributed by atoms with E-state index >= 15 is 0 Å². The third kappa shape index (κ3) is 6.43. The van der Waals surface area contributed by atoms with Gasteiger partial charge in [0.05, 0.1) is 23.3 Å². The van der Waals surface area contributed by atoms with Gasteiger partial charge in [-0.1, -0.05) is 79.1 Å². The van der Waals surface area contributed by atoms with Gasteiger partial charge in [-0.2, -0.15) is 0 Å². The zero-order valence-corrected chi connectivity index (χ0v) is 35.6. The average Bonchev–Trinajstić information content (AvgIpc) is 3.41. The van der Waals surface area contributed by atoms with Crippen molar-refractivity contribution in [3.8, 4) is 0 Å². The summed E-state index contributed by atoms with van der Waals surface area (Å²) in [6, 6.07) is 6.99. The predicted molar refractivity (Wildman–Crippen MR) is 213 cm³/mol. The van der Waals surface area contributed by atoms with E-state index in [4.69, 9.17) is 16.3 Å². The van der Waals surface area contributed by atoms with Crippen molar-refractivity contribution >= 4 is 41.0 Å². The third-order valence-electron chi connectivity index (χ3n) is 16.4. The van der Waals surface area contributed by atoms with Crippen molar-refractivity contribution in [1.82, 2.24) is 5.32 Å². The average molecular weight is 778 g/mol. The third-order valence-corrected chi connectivity index (χ3v) is 16.7. The van der Waals surface area contributed by atoms with Crippen LogP contribution in [0.4, 0.5) is 0 Å². The molecule has 0 aliphatic heterocycles. The van der Waals surface area contributed by atoms with Crippen LogP contribution in [0.1, 0.15) is 151 Å². The fraction of sp³-hybridized carbons (Fsp3) is 0.717. The molecule has 0 radical (unpaired) electrons. The van der Waals surface area contributed by atoms with Crippen LogP contribution >= 0.6 is 11.6 Å². The number of allylic oxidation sites excluding steroid dienone is 2. The summed E-state index contributed by atoms with van der Waals surface area (Å²) < 4.78 is 6.15. The first kappa shape index (κ1) is 41.6. The first-order valence-electron chi connectivity index (χ1n) is 20.8. The molecule has 9 heteroatoms. The van der Waals surface area contributed by atoms with Gasteiger partial charge < -0.3 is 15.2 Å². The highest BCUT2D eigenvalue weighted by Gasteiger charge is 2.71. The zero-order chi connectivity index (χ0) is 40.7. The van der Waals surface area contributed by atoms with Crippen molar-refractivity contribution in [2.45, 2.75) is 152 Å². The van der Waals surface area contributed by atoms with Crippen LogP contribution in [0.2, 0.25) is 5.02 Å². The van der Waals surface area contributed by atoms with Crippen molar-refractivity contribution in [3.63, 3.8) is 0 Å². The van der Waals surface area contributed by atoms with Gasteiger partial charge in [-0.15, -0.1) is 0 Å². The Labute approximate surface area is 333 Å². The van der Waals surface area contributed by atoms with Crippen LogP contribution in [0.15, 0.2) is 35.4 Å². The second-order valence-corrected chi connectivity index (χ2v) is 20.7. The van der Waals surface area contributed by atoms with E-state index in [1.807, 2.05) is 19.1 Å². The van der Waals surface area contributed by atoms with Crippen molar-refractivity contribution < 1.29 is 33.8 Å². The molecule has 0 aromatic heterocycles. The summed E-state index contributed by atoms with van der Waals surface area (Å²) in [6.45, 7) is 21.0. The Morgan fingerprint density at radius 1 is 0.909 bits per heavy atom. The monoisotopic (exact) mass is 777 g/mol. The normalized spacial score (nSPS) is 35.9. The second-order valence-electron chi connectivity index (χ2n) is 20.3. The number of nitrogens with one attached hydrogen (secondary N) is 1. The largest absolute Gasteiger partial charge is 0.481 e. The molecule has 0 saturated heterocycles. The van der Waals surface area contributed by atoms with E-state index in [1.165, 1.54) is 0 Å². The summed E-state index contributed by atoms with van der Waals surface area (Å²) in [4.78, 5) is 67.8. The van der Waals surface area contributed by atoms with E-state index in [0.29, 0.717) is 29.7 Å². The molecule has 5 aliphatic carbocycles. The molecule has 2 N–H and O–H groups in total. The number of halogens is 1. The van der Waals surface area contributed by atoms with E-state index in [-0.39, 0.29) is 64.3 Å². The molecule has 0 heterocycles. The summed E-state index contributed by atoms with van der Waals surface area (Å²) in [7, 11) is 0. The lowest BCUT2D eigenvalue weighted by Gasteiger charge is -2.72. The lowest BCUT2D eigenvalue weighted by molar-refractivity contribution is -0.233. The first-order valence-corrected chi connectivity index (χ1v) is 21.2. The van der Waals surface area contributed by atoms with Crippen molar-refractivity contribution in [2.75, 3.05) is 0 Å². The number of rotatable bonds is 10. The molecule has 4 fully saturated rings. The number of hydrogen-bond donors (Lipinski definition) is 2. The van der Waals surface area contributed by atoms with Crippen LogP contribution in [0.25, 0.3) is 0 Å². The Kier molecular flexibility index (Phi) is 10.7. The van der Waals surface area contributed by atoms with Gasteiger partial charge in [0.1, 0.15) is 6.10 Å². The lowest BCUT2D eigenvalue weighted by atomic mass is 9.33. The van der Waals surface area contributed by atoms with Gasteiger partial charge in [0.25, 0.3) is 5.91 Å². The molecule has 9 atom stereocenters. The number of carboxylic acid groups (broad SMARTS) is 1. The first-order chi connectivity index (χ1) is 25.5. The number of amides is 1. The molecular weight excluding hydrogens is 714 g/mol. The topological polar surface area (TPSA) is 127 Å². The number of Topliss-reactive ketones (excluding diaryl/α,β-unsaturated/α-hetero) is 2. The lowest BCUT2D eigenvalue weighted by Crippen LogP contribution is -2.66. The molecule has 302 valence electrons. The molecule has 8 nitrogen and oxygen atoms in total. The molecule has 0 spiro atoms. The highest BCUT2D eigenvalue weighted by molar-refractivity contribution is 6.40. The maximum absolute atomic E-state index is 14.7. The Morgan fingerprint density at radius 2 is 1.56 bits per heavy atom. The minimum Gasteiger partial charge on any atom is -0.481 e. The number of ketones is 2. The van der Waals surface area contributed by atoms with Crippen LogP contribution in [-0.2, 0) is 28.7 Å². The summed E-state index contributed by atoms with van der Waals surface area (Å²) in [5.74, 6) is -1.88. The molecule has 55 heavy (non-hydrogen) atoms. The van der Waals surface area contributed by atoms with Crippen LogP contribution < -0.4 is 5.32 Å². The zero-order valence-electron chi connectivity index (χ0n) is 34.8. The molecule has 1 amide bonds. The molecular formula is C46H64ClNO7. The van der Waals surface area contributed by atoms with Gasteiger partial charge >= 0.3 is 11.9 Å². The van der Waals surface area contributed by atoms with Crippen molar-refractivity contribution in [1.29, 1.82) is 0 Å². The van der Waals surface area contributed by atoms with E-state index < -0.39 is 34.5 Å². The molecule has 1 aromatic rings. The Bertz CT molecular complexity index is 1790. The van der Waals surface area contributed by atoms with Gasteiger partial charge in [0, 0.05) is 16.9 Å². The Hall–Kier alpha value is -3.00. The molecule has 1 aromatic carbocycles. The number of carboxylic acids is 1. The number of aliphatic carboxylic acids is 1. The van der Waals surface area contributed by atoms with Gasteiger partial charge in [-0.25, -0.2) is 0 Å². The van der Waals surface area contributed by atoms with E-state index in [2.05, 4.69) is 53.8 Å². The van der Waals surface area contributed by atoms with Gasteiger partial charge in [-0.05, 0) is 140 Å². The minimum absolute atomic E-state index is 0.0179. The fourth-order valence-electron chi connectivity index (χ4n) is 13.3. The standard InChI is InChI=1S/C46H64ClNO7/c1-11-30(27-12-14-28(47)15-13-27)48-39(52)38(51)46-23-22-44(9)29(37(46)36(26(2)3)31(49)24-46)16-17-33-43(8)20-19-34(55-35(50)25-41(4,5)40(53)54)42(6,7)32(43)18-21-45(33,44)10/h12-15,26,29-30,32-34H,11,16-25H2,1-10H3,(H,48,52)(H,53,54)/t29-,30+,32+,33-,34+,43+,44-,45-,46-/m1/s1. The molecule has 6 rings (SSSR count). The number of carbonyl (C=O) groups is 5. The quantitative estimate of drug-likeness (QED) is 0.179. The highest BCUT2D eigenvalue weighted by Crippen LogP contribution is 2.77. The van der Waals surface area contributed by atoms with Crippen LogP contribution in [-0.4, -0.2) is 40.6 Å². The van der Waals surface area contributed by atoms with Crippen LogP contribution in [0, 0.1) is 56.2 Å². The molecule has 0 unspecified atom stereocenters. The molecule has 5 aliphatic rings. The number of benzene rings is 1. The second kappa shape index (κ2) is 14.1. The predicted octanol–water partition coefficient (Wildman–Crippen LogP) is 9.87. The number of carbonyl (C=O) groups excluding carboxylic acids is 4. The molecule has 0 bridgehead atoms. The highest BCUT2D eigenvalue weighted by atomic mass is 35.5. The van der Waals surface area contributed by atoms with Crippen molar-refractivity contribution in [2.24, 2.45) is 56.2 Å². The molecule has 4 saturated carbocycles. The van der Waals surface area contributed by atoms with Crippen molar-refractivity contribution in [3.05, 3.63) is 46.0 Å². The van der Waals surface area contributed by atoms with Crippen LogP contribution in [0.3, 0.4) is 0 Å². The van der Waals surface area contributed by atoms with Gasteiger partial charge in [0.2, 0.25) is 5.78 Å². The number of fused-ring (bicyclic) bond motifs is 7. The van der Waals surface area contributed by atoms with Gasteiger partial charge in [0.15, 0.2) is 5.78 Å². The van der Waals surface area contributed by atoms with E-state index in [1.54, 1.807) is 26.0 Å². The maximum Gasteiger partial charge on any atom is 0.309 e. The smallest absolute Gasteiger partial charge is 0.309 e. The number of ether oxygens (including phenoxy) is 1. The summed E-state index contributed by atoms with van der Waals surface area (Å²) in [5.41, 5.74) is -0.266. The van der Waals surface area contributed by atoms with Gasteiger partial charge in [-0.3, -0.25) is 24.0 Å². The SMILES string of the molecule is CC[C@H](NC(=O)C(=O)[C@@]12CC[C@]3(C)[C@H](CC[C@@H]4[C@@]5(C)CC[C@H](OC(=O)CC(C)(C)C(=O)O)C(C)(C)[C@@H]5CC[C@]43C)C1=C(C(C)C)C(=O)C2)c1ccc(Cl)cc1. The summed E-state index contributed by atoms with van der Waals surface area (Å²) in [6.07, 6.45) is 6.90. The summed E-state index contributed by atoms with van der Waals surface area (Å²) >= 11 is 6.14. The van der Waals surface area contributed by atoms with Crippen LogP contribution in [0.5, 0.6) is 0 Å². The Balaban J connectivity index is 1.29. The number of hydrogen-bond acceptors (Lipinski definition) is 6. The minimum atomic E-state index is -1.19. The summed E-state index contributed by atoms with van der Waals surface area (Å²) in [5, 5.41) is 13.3.